The topological polar surface area (TPSA) is 54.5 Å². The van der Waals surface area contributed by atoms with E-state index in [0.717, 1.165) is 11.1 Å². The molecule has 0 bridgehead atoms. The van der Waals surface area contributed by atoms with Gasteiger partial charge in [-0.1, -0.05) is 12.1 Å². The van der Waals surface area contributed by atoms with Gasteiger partial charge in [0.05, 0.1) is 19.7 Å². The molecule has 1 aliphatic rings. The van der Waals surface area contributed by atoms with Crippen LogP contribution < -0.4 is 5.32 Å². The zero-order valence-corrected chi connectivity index (χ0v) is 14.2. The molecule has 1 aromatic carbocycles. The maximum Gasteiger partial charge on any atom is 0.236 e. The highest BCUT2D eigenvalue weighted by molar-refractivity contribution is 5.78. The van der Waals surface area contributed by atoms with Gasteiger partial charge >= 0.3 is 0 Å². The second-order valence-corrected chi connectivity index (χ2v) is 6.13. The van der Waals surface area contributed by atoms with Crippen molar-refractivity contribution in [2.45, 2.75) is 19.1 Å². The van der Waals surface area contributed by atoms with Crippen molar-refractivity contribution in [3.05, 3.63) is 65.7 Å². The molecule has 1 amide bonds. The van der Waals surface area contributed by atoms with Crippen LogP contribution in [0.4, 0.5) is 4.39 Å². The molecule has 6 heteroatoms. The number of halogens is 1. The van der Waals surface area contributed by atoms with Crippen molar-refractivity contribution in [2.75, 3.05) is 26.2 Å². The van der Waals surface area contributed by atoms with Gasteiger partial charge in [-0.3, -0.25) is 9.78 Å². The summed E-state index contributed by atoms with van der Waals surface area (Å²) in [6.07, 6.45) is 3.27. The Hall–Kier alpha value is -2.31. The number of aromatic nitrogens is 1. The molecule has 132 valence electrons. The fourth-order valence-corrected chi connectivity index (χ4v) is 2.88. The Morgan fingerprint density at radius 2 is 2.04 bits per heavy atom. The maximum absolute atomic E-state index is 13.1. The maximum atomic E-state index is 13.1. The first kappa shape index (κ1) is 17.5. The van der Waals surface area contributed by atoms with Crippen molar-refractivity contribution in [2.24, 2.45) is 0 Å². The third-order valence-electron chi connectivity index (χ3n) is 4.43. The lowest BCUT2D eigenvalue weighted by Crippen LogP contribution is -2.46. The first-order valence-corrected chi connectivity index (χ1v) is 8.41. The lowest BCUT2D eigenvalue weighted by Gasteiger charge is -2.33. The number of nitrogens with zero attached hydrogens (tertiary/aromatic N) is 2. The molecule has 25 heavy (non-hydrogen) atoms. The van der Waals surface area contributed by atoms with E-state index in [4.69, 9.17) is 4.74 Å². The Morgan fingerprint density at radius 1 is 1.32 bits per heavy atom. The number of amides is 1. The molecular formula is C19H22FN3O2. The zero-order valence-electron chi connectivity index (χ0n) is 14.2. The van der Waals surface area contributed by atoms with Gasteiger partial charge in [-0.05, 0) is 42.3 Å². The summed E-state index contributed by atoms with van der Waals surface area (Å²) >= 11 is 0. The monoisotopic (exact) mass is 343 g/mol. The van der Waals surface area contributed by atoms with E-state index in [-0.39, 0.29) is 30.4 Å². The van der Waals surface area contributed by atoms with Crippen LogP contribution in [0.5, 0.6) is 0 Å². The number of benzene rings is 1. The molecule has 1 N–H and O–H groups in total. The van der Waals surface area contributed by atoms with Crippen molar-refractivity contribution in [3.8, 4) is 0 Å². The standard InChI is InChI=1S/C19H22FN3O2/c1-14(15-6-8-21-9-7-15)22-12-19(24)23-10-11-25-18(13-23)16-2-4-17(20)5-3-16/h2-9,14,18,22H,10-13H2,1H3/t14-,18-/m0/s1. The van der Waals surface area contributed by atoms with Gasteiger partial charge in [0, 0.05) is 25.0 Å². The van der Waals surface area contributed by atoms with Gasteiger partial charge in [0.2, 0.25) is 5.91 Å². The van der Waals surface area contributed by atoms with Crippen LogP contribution >= 0.6 is 0 Å². The summed E-state index contributed by atoms with van der Waals surface area (Å²) in [7, 11) is 0. The Kier molecular flexibility index (Phi) is 5.73. The van der Waals surface area contributed by atoms with Crippen LogP contribution in [0.1, 0.15) is 30.2 Å². The first-order chi connectivity index (χ1) is 12.1. The molecule has 2 aromatic rings. The number of hydrogen-bond acceptors (Lipinski definition) is 4. The summed E-state index contributed by atoms with van der Waals surface area (Å²) in [5.41, 5.74) is 1.98. The molecule has 0 unspecified atom stereocenters. The number of nitrogens with one attached hydrogen (secondary N) is 1. The molecular weight excluding hydrogens is 321 g/mol. The third-order valence-corrected chi connectivity index (χ3v) is 4.43. The van der Waals surface area contributed by atoms with Crippen LogP contribution in [-0.2, 0) is 9.53 Å². The molecule has 3 rings (SSSR count). The summed E-state index contributed by atoms with van der Waals surface area (Å²) in [5.74, 6) is -0.238. The summed E-state index contributed by atoms with van der Waals surface area (Å²) in [6.45, 7) is 3.81. The minimum atomic E-state index is -0.276. The second kappa shape index (κ2) is 8.18. The average molecular weight is 343 g/mol. The van der Waals surface area contributed by atoms with Gasteiger partial charge in [-0.25, -0.2) is 4.39 Å². The minimum Gasteiger partial charge on any atom is -0.370 e. The molecule has 0 spiro atoms. The number of ether oxygens (including phenoxy) is 1. The Balaban J connectivity index is 1.54. The molecule has 0 aliphatic carbocycles. The summed E-state index contributed by atoms with van der Waals surface area (Å²) in [5, 5.41) is 3.25. The van der Waals surface area contributed by atoms with E-state index in [0.29, 0.717) is 19.7 Å². The number of pyridine rings is 1. The van der Waals surface area contributed by atoms with Gasteiger partial charge in [0.1, 0.15) is 11.9 Å². The molecule has 1 aliphatic heterocycles. The van der Waals surface area contributed by atoms with Crippen LogP contribution in [0.2, 0.25) is 0 Å². The van der Waals surface area contributed by atoms with E-state index in [9.17, 15) is 9.18 Å². The fourth-order valence-electron chi connectivity index (χ4n) is 2.88. The van der Waals surface area contributed by atoms with Crippen LogP contribution in [0.3, 0.4) is 0 Å². The molecule has 1 saturated heterocycles. The largest absolute Gasteiger partial charge is 0.370 e. The van der Waals surface area contributed by atoms with E-state index in [2.05, 4.69) is 10.3 Å². The summed E-state index contributed by atoms with van der Waals surface area (Å²) in [4.78, 5) is 18.3. The highest BCUT2D eigenvalue weighted by Crippen LogP contribution is 2.22. The third kappa shape index (κ3) is 4.61. The number of morpholine rings is 1. The van der Waals surface area contributed by atoms with Crippen molar-refractivity contribution < 1.29 is 13.9 Å². The Labute approximate surface area is 146 Å². The minimum absolute atomic E-state index is 0.0383. The van der Waals surface area contributed by atoms with Crippen molar-refractivity contribution in [1.29, 1.82) is 0 Å². The van der Waals surface area contributed by atoms with Crippen LogP contribution in [-0.4, -0.2) is 42.0 Å². The first-order valence-electron chi connectivity index (χ1n) is 8.41. The number of hydrogen-bond donors (Lipinski definition) is 1. The van der Waals surface area contributed by atoms with Gasteiger partial charge in [0.15, 0.2) is 0 Å². The van der Waals surface area contributed by atoms with Gasteiger partial charge in [0.25, 0.3) is 0 Å². The van der Waals surface area contributed by atoms with E-state index in [1.54, 1.807) is 29.4 Å². The molecule has 2 atom stereocenters. The van der Waals surface area contributed by atoms with Crippen molar-refractivity contribution in [3.63, 3.8) is 0 Å². The summed E-state index contributed by atoms with van der Waals surface area (Å²) in [6, 6.07) is 10.2. The van der Waals surface area contributed by atoms with Crippen LogP contribution in [0, 0.1) is 5.82 Å². The predicted molar refractivity (Wildman–Crippen MR) is 92.3 cm³/mol. The average Bonchev–Trinajstić information content (AvgIpc) is 2.67. The second-order valence-electron chi connectivity index (χ2n) is 6.13. The molecule has 0 radical (unpaired) electrons. The Bertz CT molecular complexity index is 694. The van der Waals surface area contributed by atoms with E-state index >= 15 is 0 Å². The van der Waals surface area contributed by atoms with Gasteiger partial charge in [-0.15, -0.1) is 0 Å². The highest BCUT2D eigenvalue weighted by atomic mass is 19.1. The lowest BCUT2D eigenvalue weighted by molar-refractivity contribution is -0.138. The van der Waals surface area contributed by atoms with E-state index < -0.39 is 0 Å². The number of rotatable bonds is 5. The summed E-state index contributed by atoms with van der Waals surface area (Å²) < 4.78 is 18.8. The van der Waals surface area contributed by atoms with E-state index in [1.807, 2.05) is 19.1 Å². The molecule has 1 fully saturated rings. The quantitative estimate of drug-likeness (QED) is 0.906. The predicted octanol–water partition coefficient (Wildman–Crippen LogP) is 2.47. The molecule has 1 aromatic heterocycles. The number of carbonyl (C=O) groups excluding carboxylic acids is 1. The molecule has 2 heterocycles. The zero-order chi connectivity index (χ0) is 17.6. The lowest BCUT2D eigenvalue weighted by atomic mass is 10.1. The Morgan fingerprint density at radius 3 is 2.76 bits per heavy atom. The van der Waals surface area contributed by atoms with Crippen LogP contribution in [0.25, 0.3) is 0 Å². The number of carbonyl (C=O) groups is 1. The molecule has 0 saturated carbocycles. The van der Waals surface area contributed by atoms with Crippen molar-refractivity contribution in [1.82, 2.24) is 15.2 Å². The van der Waals surface area contributed by atoms with E-state index in [1.165, 1.54) is 12.1 Å². The smallest absolute Gasteiger partial charge is 0.236 e. The highest BCUT2D eigenvalue weighted by Gasteiger charge is 2.25. The van der Waals surface area contributed by atoms with Crippen LogP contribution in [0.15, 0.2) is 48.8 Å². The van der Waals surface area contributed by atoms with Gasteiger partial charge < -0.3 is 15.0 Å². The fraction of sp³-hybridized carbons (Fsp3) is 0.368. The van der Waals surface area contributed by atoms with Crippen molar-refractivity contribution >= 4 is 5.91 Å². The normalized spacial score (nSPS) is 18.8. The SMILES string of the molecule is C[C@H](NCC(=O)N1CCO[C@H](c2ccc(F)cc2)C1)c1ccncc1. The van der Waals surface area contributed by atoms with Gasteiger partial charge in [-0.2, -0.15) is 0 Å². The molecule has 5 nitrogen and oxygen atoms in total.